The van der Waals surface area contributed by atoms with E-state index in [2.05, 4.69) is 4.98 Å². The Morgan fingerprint density at radius 3 is 2.81 bits per heavy atom. The van der Waals surface area contributed by atoms with Crippen LogP contribution in [0.25, 0.3) is 0 Å². The lowest BCUT2D eigenvalue weighted by atomic mass is 9.99. The molecule has 1 saturated heterocycles. The van der Waals surface area contributed by atoms with Gasteiger partial charge in [-0.1, -0.05) is 0 Å². The molecule has 0 bridgehead atoms. The molecule has 0 unspecified atom stereocenters. The van der Waals surface area contributed by atoms with Gasteiger partial charge >= 0.3 is 0 Å². The molecule has 0 aromatic carbocycles. The fourth-order valence-electron chi connectivity index (χ4n) is 3.42. The molecule has 0 amide bonds. The molecule has 1 aromatic rings. The first-order valence-electron chi connectivity index (χ1n) is 7.54. The molecule has 3 atom stereocenters. The van der Waals surface area contributed by atoms with Crippen LogP contribution >= 0.6 is 0 Å². The molecule has 1 aliphatic heterocycles. The lowest BCUT2D eigenvalue weighted by Gasteiger charge is -2.22. The fourth-order valence-corrected chi connectivity index (χ4v) is 4.79. The molecule has 2 aliphatic rings. The maximum Gasteiger partial charge on any atom is 0.216 e. The molecule has 21 heavy (non-hydrogen) atoms. The van der Waals surface area contributed by atoms with E-state index in [1.165, 1.54) is 0 Å². The highest BCUT2D eigenvalue weighted by Crippen LogP contribution is 2.41. The number of ether oxygens (including phenoxy) is 1. The highest BCUT2D eigenvalue weighted by molar-refractivity contribution is 7.89. The number of nitrogens with zero attached hydrogens (tertiary/aromatic N) is 2. The lowest BCUT2D eigenvalue weighted by Crippen LogP contribution is -2.36. The van der Waals surface area contributed by atoms with Crippen molar-refractivity contribution in [2.45, 2.75) is 38.0 Å². The van der Waals surface area contributed by atoms with E-state index in [0.717, 1.165) is 18.6 Å². The van der Waals surface area contributed by atoms with Crippen molar-refractivity contribution in [2.24, 2.45) is 11.8 Å². The van der Waals surface area contributed by atoms with Crippen molar-refractivity contribution in [1.82, 2.24) is 9.29 Å². The molecule has 5 nitrogen and oxygen atoms in total. The van der Waals surface area contributed by atoms with Crippen molar-refractivity contribution in [3.63, 3.8) is 0 Å². The molecule has 116 valence electrons. The molecule has 0 radical (unpaired) electrons. The molecule has 3 rings (SSSR count). The number of hydrogen-bond acceptors (Lipinski definition) is 4. The van der Waals surface area contributed by atoms with Crippen molar-refractivity contribution >= 4 is 10.0 Å². The summed E-state index contributed by atoms with van der Waals surface area (Å²) >= 11 is 0. The summed E-state index contributed by atoms with van der Waals surface area (Å²) in [5.41, 5.74) is 0. The van der Waals surface area contributed by atoms with E-state index in [9.17, 15) is 8.42 Å². The first kappa shape index (κ1) is 14.8. The van der Waals surface area contributed by atoms with E-state index in [-0.39, 0.29) is 11.4 Å². The molecule has 1 saturated carbocycles. The zero-order valence-electron chi connectivity index (χ0n) is 12.5. The Balaban J connectivity index is 1.70. The Morgan fingerprint density at radius 2 is 2.14 bits per heavy atom. The van der Waals surface area contributed by atoms with E-state index in [1.54, 1.807) is 30.5 Å². The van der Waals surface area contributed by atoms with Crippen LogP contribution in [0.15, 0.2) is 24.5 Å². The summed E-state index contributed by atoms with van der Waals surface area (Å²) in [7, 11) is -3.15. The summed E-state index contributed by atoms with van der Waals surface area (Å²) in [6.07, 6.45) is 5.58. The van der Waals surface area contributed by atoms with Crippen molar-refractivity contribution in [2.75, 3.05) is 13.1 Å². The van der Waals surface area contributed by atoms with E-state index < -0.39 is 10.0 Å². The first-order chi connectivity index (χ1) is 9.98. The zero-order valence-corrected chi connectivity index (χ0v) is 13.3. The van der Waals surface area contributed by atoms with Gasteiger partial charge in [-0.15, -0.1) is 0 Å². The average Bonchev–Trinajstić information content (AvgIpc) is 3.02. The predicted octanol–water partition coefficient (Wildman–Crippen LogP) is 1.91. The molecule has 1 aromatic heterocycles. The van der Waals surface area contributed by atoms with Gasteiger partial charge in [0.05, 0.1) is 11.4 Å². The van der Waals surface area contributed by atoms with Gasteiger partial charge in [-0.2, -0.15) is 0 Å². The fraction of sp³-hybridized carbons (Fsp3) is 0.667. The van der Waals surface area contributed by atoms with Crippen LogP contribution in [0.3, 0.4) is 0 Å². The van der Waals surface area contributed by atoms with Crippen LogP contribution in [-0.4, -0.2) is 42.2 Å². The first-order valence-corrected chi connectivity index (χ1v) is 9.04. The smallest absolute Gasteiger partial charge is 0.216 e. The van der Waals surface area contributed by atoms with Crippen molar-refractivity contribution in [1.29, 1.82) is 0 Å². The van der Waals surface area contributed by atoms with Crippen LogP contribution in [0.5, 0.6) is 5.75 Å². The largest absolute Gasteiger partial charge is 0.488 e. The van der Waals surface area contributed by atoms with Gasteiger partial charge in [0.1, 0.15) is 11.9 Å². The lowest BCUT2D eigenvalue weighted by molar-refractivity contribution is 0.154. The molecule has 2 heterocycles. The van der Waals surface area contributed by atoms with Crippen molar-refractivity contribution < 1.29 is 13.2 Å². The second-order valence-electron chi connectivity index (χ2n) is 6.26. The van der Waals surface area contributed by atoms with E-state index in [1.807, 2.05) is 12.1 Å². The maximum absolute atomic E-state index is 12.3. The summed E-state index contributed by atoms with van der Waals surface area (Å²) < 4.78 is 32.3. The number of aromatic nitrogens is 1. The summed E-state index contributed by atoms with van der Waals surface area (Å²) in [6, 6.07) is 3.75. The monoisotopic (exact) mass is 310 g/mol. The summed E-state index contributed by atoms with van der Waals surface area (Å²) in [5.74, 6) is 1.51. The SMILES string of the molecule is CC(C)S(=O)(=O)N1C[C@H]2CC[C@@H](Oc3cccnc3)[C@H]2C1. The Hall–Kier alpha value is -1.14. The molecule has 2 fully saturated rings. The van der Waals surface area contributed by atoms with Gasteiger partial charge in [-0.3, -0.25) is 4.98 Å². The van der Waals surface area contributed by atoms with Gasteiger partial charge in [-0.25, -0.2) is 12.7 Å². The number of sulfonamides is 1. The van der Waals surface area contributed by atoms with Crippen molar-refractivity contribution in [3.05, 3.63) is 24.5 Å². The van der Waals surface area contributed by atoms with E-state index in [0.29, 0.717) is 24.9 Å². The number of hydrogen-bond donors (Lipinski definition) is 0. The van der Waals surface area contributed by atoms with Gasteiger partial charge in [0, 0.05) is 25.2 Å². The van der Waals surface area contributed by atoms with Crippen LogP contribution in [0.1, 0.15) is 26.7 Å². The zero-order chi connectivity index (χ0) is 15.0. The third-order valence-electron chi connectivity index (χ3n) is 4.64. The number of fused-ring (bicyclic) bond motifs is 1. The minimum atomic E-state index is -3.15. The topological polar surface area (TPSA) is 59.5 Å². The van der Waals surface area contributed by atoms with Crippen LogP contribution in [0.2, 0.25) is 0 Å². The summed E-state index contributed by atoms with van der Waals surface area (Å²) in [4.78, 5) is 4.06. The third-order valence-corrected chi connectivity index (χ3v) is 6.84. The quantitative estimate of drug-likeness (QED) is 0.852. The van der Waals surface area contributed by atoms with Gasteiger partial charge in [-0.05, 0) is 44.7 Å². The average molecular weight is 310 g/mol. The van der Waals surface area contributed by atoms with Crippen LogP contribution in [0.4, 0.5) is 0 Å². The predicted molar refractivity (Wildman–Crippen MR) is 80.5 cm³/mol. The second-order valence-corrected chi connectivity index (χ2v) is 8.75. The highest BCUT2D eigenvalue weighted by Gasteiger charge is 2.47. The minimum Gasteiger partial charge on any atom is -0.488 e. The number of rotatable bonds is 4. The standard InChI is InChI=1S/C15H22N2O3S/c1-11(2)21(18,19)17-9-12-5-6-15(14(12)10-17)20-13-4-3-7-16-8-13/h3-4,7-8,11-12,14-15H,5-6,9-10H2,1-2H3/t12-,14+,15-/m1/s1. The minimum absolute atomic E-state index is 0.103. The van der Waals surface area contributed by atoms with Gasteiger partial charge in [0.25, 0.3) is 0 Å². The Labute approximate surface area is 126 Å². The molecule has 6 heteroatoms. The van der Waals surface area contributed by atoms with Crippen LogP contribution < -0.4 is 4.74 Å². The van der Waals surface area contributed by atoms with Crippen molar-refractivity contribution in [3.8, 4) is 5.75 Å². The third kappa shape index (κ3) is 2.79. The van der Waals surface area contributed by atoms with Crippen LogP contribution in [-0.2, 0) is 10.0 Å². The van der Waals surface area contributed by atoms with Crippen LogP contribution in [0, 0.1) is 11.8 Å². The van der Waals surface area contributed by atoms with Gasteiger partial charge in [0.15, 0.2) is 0 Å². The highest BCUT2D eigenvalue weighted by atomic mass is 32.2. The van der Waals surface area contributed by atoms with E-state index >= 15 is 0 Å². The molecule has 1 aliphatic carbocycles. The maximum atomic E-state index is 12.3. The Bertz CT molecular complexity index is 588. The number of pyridine rings is 1. The molecular formula is C15H22N2O3S. The summed E-state index contributed by atoms with van der Waals surface area (Å²) in [6.45, 7) is 4.73. The van der Waals surface area contributed by atoms with Gasteiger partial charge in [0.2, 0.25) is 10.0 Å². The van der Waals surface area contributed by atoms with Gasteiger partial charge < -0.3 is 4.74 Å². The molecular weight excluding hydrogens is 288 g/mol. The van der Waals surface area contributed by atoms with E-state index in [4.69, 9.17) is 4.74 Å². The summed E-state index contributed by atoms with van der Waals surface area (Å²) in [5, 5.41) is -0.353. The molecule has 0 N–H and O–H groups in total. The normalized spacial score (nSPS) is 29.8. The molecule has 0 spiro atoms. The Kier molecular flexibility index (Phi) is 3.92. The second kappa shape index (κ2) is 5.57. The Morgan fingerprint density at radius 1 is 1.33 bits per heavy atom.